The van der Waals surface area contributed by atoms with E-state index in [1.165, 1.54) is 18.2 Å². The number of hydrogen-bond donors (Lipinski definition) is 1. The second-order valence-electron chi connectivity index (χ2n) is 7.48. The molecule has 1 heterocycles. The highest BCUT2D eigenvalue weighted by Gasteiger charge is 2.32. The lowest BCUT2D eigenvalue weighted by molar-refractivity contribution is -0.137. The van der Waals surface area contributed by atoms with Gasteiger partial charge in [-0.15, -0.1) is 0 Å². The van der Waals surface area contributed by atoms with E-state index in [-0.39, 0.29) is 11.3 Å². The van der Waals surface area contributed by atoms with Crippen LogP contribution in [-0.2, 0) is 6.18 Å². The third-order valence-corrected chi connectivity index (χ3v) is 5.19. The molecule has 1 fully saturated rings. The molecular formula is C24H29F3N2O4. The highest BCUT2D eigenvalue weighted by Crippen LogP contribution is 2.40. The minimum absolute atomic E-state index is 0.113. The van der Waals surface area contributed by atoms with Crippen molar-refractivity contribution in [2.75, 3.05) is 43.1 Å². The first-order valence-corrected chi connectivity index (χ1v) is 11.1. The number of alkyl halides is 3. The third kappa shape index (κ3) is 5.83. The van der Waals surface area contributed by atoms with Crippen LogP contribution in [0.3, 0.4) is 0 Å². The van der Waals surface area contributed by atoms with Gasteiger partial charge in [0, 0.05) is 18.7 Å². The van der Waals surface area contributed by atoms with Crippen molar-refractivity contribution in [2.45, 2.75) is 39.8 Å². The standard InChI is InChI=1S/C24H29F3N2O4/c1-4-31-20-13-16(14-21(32-5-2)22(20)33-6-3)23(30)28-18-15-17(24(25,26)27)9-10-19(18)29-11-7-8-12-29/h9-10,13-15H,4-8,11-12H2,1-3H3,(H,28,30). The summed E-state index contributed by atoms with van der Waals surface area (Å²) in [5.41, 5.74) is 0.0453. The van der Waals surface area contributed by atoms with E-state index in [1.807, 2.05) is 11.8 Å². The quantitative estimate of drug-likeness (QED) is 0.510. The van der Waals surface area contributed by atoms with Crippen LogP contribution in [0.1, 0.15) is 49.5 Å². The van der Waals surface area contributed by atoms with Crippen LogP contribution < -0.4 is 24.4 Å². The Morgan fingerprint density at radius 2 is 1.52 bits per heavy atom. The first kappa shape index (κ1) is 24.5. The van der Waals surface area contributed by atoms with E-state index >= 15 is 0 Å². The number of nitrogens with one attached hydrogen (secondary N) is 1. The fourth-order valence-electron chi connectivity index (χ4n) is 3.76. The summed E-state index contributed by atoms with van der Waals surface area (Å²) in [6.45, 7) is 7.91. The predicted molar refractivity (Wildman–Crippen MR) is 121 cm³/mol. The Morgan fingerprint density at radius 3 is 2.03 bits per heavy atom. The largest absolute Gasteiger partial charge is 0.490 e. The van der Waals surface area contributed by atoms with E-state index in [1.54, 1.807) is 13.8 Å². The zero-order chi connectivity index (χ0) is 24.0. The van der Waals surface area contributed by atoms with Gasteiger partial charge >= 0.3 is 6.18 Å². The average Bonchev–Trinajstić information content (AvgIpc) is 3.30. The molecule has 1 saturated heterocycles. The summed E-state index contributed by atoms with van der Waals surface area (Å²) < 4.78 is 57.0. The van der Waals surface area contributed by atoms with Crippen molar-refractivity contribution in [3.8, 4) is 17.2 Å². The van der Waals surface area contributed by atoms with Gasteiger partial charge in [-0.25, -0.2) is 0 Å². The molecule has 6 nitrogen and oxygen atoms in total. The highest BCUT2D eigenvalue weighted by molar-refractivity contribution is 6.06. The number of halogens is 3. The second kappa shape index (κ2) is 10.7. The van der Waals surface area contributed by atoms with Gasteiger partial charge in [-0.1, -0.05) is 0 Å². The predicted octanol–water partition coefficient (Wildman–Crippen LogP) is 5.75. The van der Waals surface area contributed by atoms with Gasteiger partial charge in [0.25, 0.3) is 5.91 Å². The zero-order valence-electron chi connectivity index (χ0n) is 19.1. The first-order valence-electron chi connectivity index (χ1n) is 11.1. The van der Waals surface area contributed by atoms with Crippen molar-refractivity contribution in [2.24, 2.45) is 0 Å². The fraction of sp³-hybridized carbons (Fsp3) is 0.458. The number of rotatable bonds is 9. The minimum atomic E-state index is -4.52. The average molecular weight is 467 g/mol. The molecule has 9 heteroatoms. The zero-order valence-corrected chi connectivity index (χ0v) is 19.1. The number of carbonyl (C=O) groups excluding carboxylic acids is 1. The van der Waals surface area contributed by atoms with Crippen molar-refractivity contribution >= 4 is 17.3 Å². The van der Waals surface area contributed by atoms with Crippen molar-refractivity contribution in [1.29, 1.82) is 0 Å². The first-order chi connectivity index (χ1) is 15.8. The van der Waals surface area contributed by atoms with Crippen LogP contribution >= 0.6 is 0 Å². The number of anilines is 2. The maximum absolute atomic E-state index is 13.4. The molecular weight excluding hydrogens is 437 g/mol. The molecule has 2 aromatic rings. The summed E-state index contributed by atoms with van der Waals surface area (Å²) in [7, 11) is 0. The molecule has 0 aliphatic carbocycles. The normalized spacial score (nSPS) is 13.7. The Labute approximate surface area is 191 Å². The van der Waals surface area contributed by atoms with Gasteiger partial charge in [0.1, 0.15) is 0 Å². The molecule has 0 saturated carbocycles. The van der Waals surface area contributed by atoms with Crippen molar-refractivity contribution < 1.29 is 32.2 Å². The Morgan fingerprint density at radius 1 is 0.939 bits per heavy atom. The summed E-state index contributed by atoms with van der Waals surface area (Å²) in [5.74, 6) is 0.479. The molecule has 0 atom stereocenters. The van der Waals surface area contributed by atoms with Crippen LogP contribution in [0.25, 0.3) is 0 Å². The van der Waals surface area contributed by atoms with Crippen LogP contribution in [-0.4, -0.2) is 38.8 Å². The van der Waals surface area contributed by atoms with Crippen LogP contribution in [0, 0.1) is 0 Å². The SMILES string of the molecule is CCOc1cc(C(=O)Nc2cc(C(F)(F)F)ccc2N2CCCC2)cc(OCC)c1OCC. The van der Waals surface area contributed by atoms with Crippen molar-refractivity contribution in [3.05, 3.63) is 41.5 Å². The van der Waals surface area contributed by atoms with Gasteiger partial charge in [-0.3, -0.25) is 4.79 Å². The second-order valence-corrected chi connectivity index (χ2v) is 7.48. The Balaban J connectivity index is 2.00. The lowest BCUT2D eigenvalue weighted by Crippen LogP contribution is -2.22. The summed E-state index contributed by atoms with van der Waals surface area (Å²) in [5, 5.41) is 2.67. The number of nitrogens with zero attached hydrogens (tertiary/aromatic N) is 1. The number of carbonyl (C=O) groups is 1. The van der Waals surface area contributed by atoms with E-state index < -0.39 is 17.6 Å². The molecule has 0 unspecified atom stereocenters. The molecule has 180 valence electrons. The molecule has 3 rings (SSSR count). The minimum Gasteiger partial charge on any atom is -0.490 e. The van der Waals surface area contributed by atoms with E-state index in [4.69, 9.17) is 14.2 Å². The van der Waals surface area contributed by atoms with E-state index in [0.29, 0.717) is 42.8 Å². The molecule has 1 aliphatic rings. The molecule has 0 spiro atoms. The van der Waals surface area contributed by atoms with Crippen LogP contribution in [0.5, 0.6) is 17.2 Å². The van der Waals surface area contributed by atoms with Gasteiger partial charge in [0.05, 0.1) is 36.8 Å². The molecule has 0 bridgehead atoms. The Bertz CT molecular complexity index is 946. The summed E-state index contributed by atoms with van der Waals surface area (Å²) >= 11 is 0. The van der Waals surface area contributed by atoms with Crippen molar-refractivity contribution in [3.63, 3.8) is 0 Å². The highest BCUT2D eigenvalue weighted by atomic mass is 19.4. The molecule has 1 aliphatic heterocycles. The number of hydrogen-bond acceptors (Lipinski definition) is 5. The van der Waals surface area contributed by atoms with E-state index in [2.05, 4.69) is 5.32 Å². The monoisotopic (exact) mass is 466 g/mol. The molecule has 1 N–H and O–H groups in total. The molecule has 2 aromatic carbocycles. The van der Waals surface area contributed by atoms with Crippen LogP contribution in [0.4, 0.5) is 24.5 Å². The Hall–Kier alpha value is -3.10. The summed E-state index contributed by atoms with van der Waals surface area (Å²) in [4.78, 5) is 15.1. The Kier molecular flexibility index (Phi) is 7.94. The fourth-order valence-corrected chi connectivity index (χ4v) is 3.76. The molecule has 1 amide bonds. The van der Waals surface area contributed by atoms with Crippen molar-refractivity contribution in [1.82, 2.24) is 0 Å². The lowest BCUT2D eigenvalue weighted by Gasteiger charge is -2.23. The smallest absolute Gasteiger partial charge is 0.416 e. The maximum Gasteiger partial charge on any atom is 0.416 e. The summed E-state index contributed by atoms with van der Waals surface area (Å²) in [6.07, 6.45) is -2.63. The number of amides is 1. The molecule has 0 radical (unpaired) electrons. The topological polar surface area (TPSA) is 60.0 Å². The van der Waals surface area contributed by atoms with Gasteiger partial charge in [-0.05, 0) is 63.9 Å². The number of ether oxygens (including phenoxy) is 3. The maximum atomic E-state index is 13.4. The third-order valence-electron chi connectivity index (χ3n) is 5.19. The van der Waals surface area contributed by atoms with Gasteiger partial charge in [0.2, 0.25) is 5.75 Å². The summed E-state index contributed by atoms with van der Waals surface area (Å²) in [6, 6.07) is 6.46. The lowest BCUT2D eigenvalue weighted by atomic mass is 10.1. The van der Waals surface area contributed by atoms with E-state index in [9.17, 15) is 18.0 Å². The van der Waals surface area contributed by atoms with Gasteiger partial charge in [-0.2, -0.15) is 13.2 Å². The van der Waals surface area contributed by atoms with Gasteiger partial charge < -0.3 is 24.4 Å². The van der Waals surface area contributed by atoms with Crippen LogP contribution in [0.15, 0.2) is 30.3 Å². The van der Waals surface area contributed by atoms with Gasteiger partial charge in [0.15, 0.2) is 11.5 Å². The van der Waals surface area contributed by atoms with E-state index in [0.717, 1.165) is 38.1 Å². The number of benzene rings is 2. The molecule has 0 aromatic heterocycles. The van der Waals surface area contributed by atoms with Crippen LogP contribution in [0.2, 0.25) is 0 Å². The molecule has 33 heavy (non-hydrogen) atoms.